The highest BCUT2D eigenvalue weighted by atomic mass is 79.9. The van der Waals surface area contributed by atoms with Crippen molar-refractivity contribution in [2.45, 2.75) is 6.54 Å². The molecule has 2 aromatic heterocycles. The number of rotatable bonds is 3. The molecular weight excluding hydrogens is 304 g/mol. The first kappa shape index (κ1) is 12.0. The normalized spacial score (nSPS) is 10.6. The van der Waals surface area contributed by atoms with E-state index in [1.165, 1.54) is 0 Å². The molecule has 0 fully saturated rings. The smallest absolute Gasteiger partial charge is 0.106 e. The largest absolute Gasteiger partial charge is 0.378 e. The molecule has 1 N–H and O–H groups in total. The number of fused-ring (bicyclic) bond motifs is 1. The van der Waals surface area contributed by atoms with Gasteiger partial charge in [-0.3, -0.25) is 4.98 Å². The molecule has 2 heterocycles. The van der Waals surface area contributed by atoms with E-state index in [9.17, 15) is 0 Å². The number of aromatic nitrogens is 3. The molecule has 0 aliphatic rings. The number of nitrogens with one attached hydrogen (secondary N) is 1. The van der Waals surface area contributed by atoms with Gasteiger partial charge in [0.1, 0.15) is 4.60 Å². The van der Waals surface area contributed by atoms with Crippen molar-refractivity contribution in [2.75, 3.05) is 5.32 Å². The van der Waals surface area contributed by atoms with Crippen LogP contribution in [0.1, 0.15) is 5.69 Å². The van der Waals surface area contributed by atoms with Crippen LogP contribution >= 0.6 is 15.9 Å². The van der Waals surface area contributed by atoms with Crippen molar-refractivity contribution in [1.82, 2.24) is 15.0 Å². The number of para-hydroxylation sites is 2. The predicted octanol–water partition coefficient (Wildman–Crippen LogP) is 3.40. The Bertz CT molecular complexity index is 697. The first-order chi connectivity index (χ1) is 9.31. The van der Waals surface area contributed by atoms with Crippen LogP contribution < -0.4 is 5.32 Å². The van der Waals surface area contributed by atoms with Gasteiger partial charge < -0.3 is 5.32 Å². The highest BCUT2D eigenvalue weighted by Crippen LogP contribution is 2.12. The summed E-state index contributed by atoms with van der Waals surface area (Å²) in [5.74, 6) is 0. The van der Waals surface area contributed by atoms with E-state index in [0.29, 0.717) is 6.54 Å². The van der Waals surface area contributed by atoms with E-state index in [2.05, 4.69) is 36.2 Å². The molecule has 0 saturated carbocycles. The number of hydrogen-bond acceptors (Lipinski definition) is 4. The van der Waals surface area contributed by atoms with Crippen molar-refractivity contribution >= 4 is 32.7 Å². The lowest BCUT2D eigenvalue weighted by atomic mass is 10.3. The number of benzene rings is 1. The van der Waals surface area contributed by atoms with Gasteiger partial charge in [0.2, 0.25) is 0 Å². The van der Waals surface area contributed by atoms with Gasteiger partial charge in [0.05, 0.1) is 41.4 Å². The topological polar surface area (TPSA) is 50.7 Å². The van der Waals surface area contributed by atoms with Gasteiger partial charge in [0, 0.05) is 0 Å². The number of pyridine rings is 1. The lowest BCUT2D eigenvalue weighted by molar-refractivity contribution is 1.04. The molecular formula is C14H11BrN4. The minimum Gasteiger partial charge on any atom is -0.378 e. The average Bonchev–Trinajstić information content (AvgIpc) is 2.46. The summed E-state index contributed by atoms with van der Waals surface area (Å²) in [6, 6.07) is 11.7. The molecule has 3 rings (SSSR count). The van der Waals surface area contributed by atoms with E-state index in [4.69, 9.17) is 0 Å². The Morgan fingerprint density at radius 3 is 2.58 bits per heavy atom. The van der Waals surface area contributed by atoms with Crippen LogP contribution in [-0.2, 0) is 6.54 Å². The molecule has 0 unspecified atom stereocenters. The summed E-state index contributed by atoms with van der Waals surface area (Å²) in [6.45, 7) is 0.626. The van der Waals surface area contributed by atoms with E-state index < -0.39 is 0 Å². The van der Waals surface area contributed by atoms with E-state index in [1.807, 2.05) is 36.4 Å². The van der Waals surface area contributed by atoms with Gasteiger partial charge in [0.15, 0.2) is 0 Å². The van der Waals surface area contributed by atoms with Gasteiger partial charge in [-0.15, -0.1) is 0 Å². The maximum atomic E-state index is 4.55. The second-order valence-electron chi connectivity index (χ2n) is 4.07. The lowest BCUT2D eigenvalue weighted by Crippen LogP contribution is -2.02. The van der Waals surface area contributed by atoms with Crippen LogP contribution in [0, 0.1) is 0 Å². The lowest BCUT2D eigenvalue weighted by Gasteiger charge is -2.06. The monoisotopic (exact) mass is 314 g/mol. The summed E-state index contributed by atoms with van der Waals surface area (Å²) in [6.07, 6.45) is 3.57. The molecule has 94 valence electrons. The maximum absolute atomic E-state index is 4.55. The van der Waals surface area contributed by atoms with Crippen molar-refractivity contribution < 1.29 is 0 Å². The van der Waals surface area contributed by atoms with Gasteiger partial charge in [-0.2, -0.15) is 0 Å². The summed E-state index contributed by atoms with van der Waals surface area (Å²) in [5, 5.41) is 3.27. The van der Waals surface area contributed by atoms with Gasteiger partial charge in [0.25, 0.3) is 0 Å². The van der Waals surface area contributed by atoms with Gasteiger partial charge in [-0.25, -0.2) is 9.97 Å². The zero-order valence-electron chi connectivity index (χ0n) is 10.0. The highest BCUT2D eigenvalue weighted by Gasteiger charge is 1.99. The first-order valence-corrected chi connectivity index (χ1v) is 6.67. The number of hydrogen-bond donors (Lipinski definition) is 1. The molecule has 0 atom stereocenters. The molecule has 0 spiro atoms. The van der Waals surface area contributed by atoms with Crippen molar-refractivity contribution in [3.63, 3.8) is 0 Å². The SMILES string of the molecule is Brc1ccc(NCc2cnc3ccccc3n2)cn1. The Hall–Kier alpha value is -2.01. The third kappa shape index (κ3) is 2.88. The molecule has 4 nitrogen and oxygen atoms in total. The predicted molar refractivity (Wildman–Crippen MR) is 78.8 cm³/mol. The fraction of sp³-hybridized carbons (Fsp3) is 0.0714. The Balaban J connectivity index is 1.76. The van der Waals surface area contributed by atoms with Crippen LogP contribution in [0.25, 0.3) is 11.0 Å². The Morgan fingerprint density at radius 2 is 1.79 bits per heavy atom. The summed E-state index contributed by atoms with van der Waals surface area (Å²) >= 11 is 3.31. The summed E-state index contributed by atoms with van der Waals surface area (Å²) < 4.78 is 0.823. The van der Waals surface area contributed by atoms with E-state index in [1.54, 1.807) is 12.4 Å². The van der Waals surface area contributed by atoms with Crippen molar-refractivity contribution in [1.29, 1.82) is 0 Å². The summed E-state index contributed by atoms with van der Waals surface area (Å²) in [7, 11) is 0. The van der Waals surface area contributed by atoms with Crippen molar-refractivity contribution in [2.24, 2.45) is 0 Å². The number of anilines is 1. The van der Waals surface area contributed by atoms with E-state index in [0.717, 1.165) is 27.0 Å². The quantitative estimate of drug-likeness (QED) is 0.753. The Morgan fingerprint density at radius 1 is 0.947 bits per heavy atom. The zero-order valence-corrected chi connectivity index (χ0v) is 11.6. The molecule has 3 aromatic rings. The molecule has 5 heteroatoms. The van der Waals surface area contributed by atoms with Crippen LogP contribution in [0.3, 0.4) is 0 Å². The molecule has 1 aromatic carbocycles. The van der Waals surface area contributed by atoms with Crippen LogP contribution in [-0.4, -0.2) is 15.0 Å². The fourth-order valence-corrected chi connectivity index (χ4v) is 1.99. The standard InChI is InChI=1S/C14H11BrN4/c15-14-6-5-10(7-18-14)16-8-11-9-17-12-3-1-2-4-13(12)19-11/h1-7,9,16H,8H2. The van der Waals surface area contributed by atoms with Gasteiger partial charge >= 0.3 is 0 Å². The van der Waals surface area contributed by atoms with Crippen LogP contribution in [0.15, 0.2) is 53.4 Å². The van der Waals surface area contributed by atoms with Gasteiger partial charge in [-0.05, 0) is 40.2 Å². The van der Waals surface area contributed by atoms with E-state index >= 15 is 0 Å². The fourth-order valence-electron chi connectivity index (χ4n) is 1.75. The molecule has 0 saturated heterocycles. The molecule has 0 aliphatic heterocycles. The van der Waals surface area contributed by atoms with Crippen LogP contribution in [0.4, 0.5) is 5.69 Å². The molecule has 19 heavy (non-hydrogen) atoms. The van der Waals surface area contributed by atoms with Gasteiger partial charge in [-0.1, -0.05) is 12.1 Å². The zero-order chi connectivity index (χ0) is 13.1. The molecule has 0 aliphatic carbocycles. The average molecular weight is 315 g/mol. The second-order valence-corrected chi connectivity index (χ2v) is 4.89. The highest BCUT2D eigenvalue weighted by molar-refractivity contribution is 9.10. The molecule has 0 bridgehead atoms. The first-order valence-electron chi connectivity index (χ1n) is 5.87. The number of nitrogens with zero attached hydrogens (tertiary/aromatic N) is 3. The molecule has 0 amide bonds. The Kier molecular flexibility index (Phi) is 3.37. The van der Waals surface area contributed by atoms with Crippen LogP contribution in [0.5, 0.6) is 0 Å². The minimum atomic E-state index is 0.626. The third-order valence-corrected chi connectivity index (χ3v) is 3.17. The van der Waals surface area contributed by atoms with E-state index in [-0.39, 0.29) is 0 Å². The third-order valence-electron chi connectivity index (χ3n) is 2.70. The maximum Gasteiger partial charge on any atom is 0.106 e. The van der Waals surface area contributed by atoms with Crippen molar-refractivity contribution in [3.8, 4) is 0 Å². The number of halogens is 1. The van der Waals surface area contributed by atoms with Crippen LogP contribution in [0.2, 0.25) is 0 Å². The minimum absolute atomic E-state index is 0.626. The summed E-state index contributed by atoms with van der Waals surface area (Å²) in [4.78, 5) is 13.1. The van der Waals surface area contributed by atoms with Crippen molar-refractivity contribution in [3.05, 3.63) is 59.1 Å². The second kappa shape index (κ2) is 5.32. The Labute approximate surface area is 119 Å². The summed E-state index contributed by atoms with van der Waals surface area (Å²) in [5.41, 5.74) is 3.69. The molecule has 0 radical (unpaired) electrons.